The molecule has 0 fully saturated rings. The summed E-state index contributed by atoms with van der Waals surface area (Å²) in [4.78, 5) is 2.40. The van der Waals surface area contributed by atoms with Gasteiger partial charge in [-0.25, -0.2) is 0 Å². The Bertz CT molecular complexity index is 383. The highest BCUT2D eigenvalue weighted by atomic mass is 35.5. The van der Waals surface area contributed by atoms with Crippen molar-refractivity contribution in [3.05, 3.63) is 34.9 Å². The molecule has 0 radical (unpaired) electrons. The molecule has 0 aromatic heterocycles. The third kappa shape index (κ3) is 5.02. The summed E-state index contributed by atoms with van der Waals surface area (Å²) in [6.07, 6.45) is 0. The fourth-order valence-corrected chi connectivity index (χ4v) is 2.90. The third-order valence-corrected chi connectivity index (χ3v) is 4.66. The van der Waals surface area contributed by atoms with Crippen LogP contribution in [0.15, 0.2) is 24.3 Å². The Kier molecular flexibility index (Phi) is 6.22. The molecule has 1 nitrogen and oxygen atoms in total. The lowest BCUT2D eigenvalue weighted by Gasteiger charge is -2.35. The second-order valence-electron chi connectivity index (χ2n) is 6.41. The van der Waals surface area contributed by atoms with Crippen molar-refractivity contribution in [3.8, 4) is 0 Å². The lowest BCUT2D eigenvalue weighted by molar-refractivity contribution is 0.158. The van der Waals surface area contributed by atoms with E-state index in [4.69, 9.17) is 11.6 Å². The summed E-state index contributed by atoms with van der Waals surface area (Å²) >= 11 is 10.4. The first-order valence-corrected chi connectivity index (χ1v) is 7.83. The molecule has 2 unspecified atom stereocenters. The highest BCUT2D eigenvalue weighted by Gasteiger charge is 2.26. The molecular weight excluding hydrogens is 274 g/mol. The maximum Gasteiger partial charge on any atom is 0.0406 e. The Hall–Kier alpha value is -0.180. The first kappa shape index (κ1) is 16.9. The average Bonchev–Trinajstić information content (AvgIpc) is 2.34. The SMILES string of the molecule is CC(c1ccc(Cl)cc1)N(C)CC(CS)C(C)(C)C. The first-order chi connectivity index (χ1) is 8.75. The van der Waals surface area contributed by atoms with E-state index in [0.717, 1.165) is 17.3 Å². The van der Waals surface area contributed by atoms with Crippen LogP contribution >= 0.6 is 24.2 Å². The van der Waals surface area contributed by atoms with Gasteiger partial charge in [0.2, 0.25) is 0 Å². The van der Waals surface area contributed by atoms with Crippen LogP contribution in [0, 0.1) is 11.3 Å². The number of rotatable bonds is 5. The molecule has 108 valence electrons. The number of thiol groups is 1. The number of benzene rings is 1. The van der Waals surface area contributed by atoms with Gasteiger partial charge in [0.15, 0.2) is 0 Å². The molecule has 0 spiro atoms. The molecule has 3 heteroatoms. The molecule has 0 aliphatic carbocycles. The van der Waals surface area contributed by atoms with Crippen molar-refractivity contribution in [2.45, 2.75) is 33.7 Å². The van der Waals surface area contributed by atoms with Crippen LogP contribution in [0.1, 0.15) is 39.3 Å². The van der Waals surface area contributed by atoms with Crippen molar-refractivity contribution in [2.24, 2.45) is 11.3 Å². The monoisotopic (exact) mass is 299 g/mol. The summed E-state index contributed by atoms with van der Waals surface area (Å²) in [5, 5.41) is 0.793. The van der Waals surface area contributed by atoms with Gasteiger partial charge in [-0.1, -0.05) is 44.5 Å². The van der Waals surface area contributed by atoms with Crippen LogP contribution in [-0.2, 0) is 0 Å². The van der Waals surface area contributed by atoms with E-state index >= 15 is 0 Å². The van der Waals surface area contributed by atoms with Gasteiger partial charge in [-0.2, -0.15) is 12.6 Å². The number of hydrogen-bond donors (Lipinski definition) is 1. The molecule has 2 atom stereocenters. The Morgan fingerprint density at radius 2 is 1.74 bits per heavy atom. The lowest BCUT2D eigenvalue weighted by atomic mass is 9.81. The van der Waals surface area contributed by atoms with Crippen LogP contribution in [0.3, 0.4) is 0 Å². The van der Waals surface area contributed by atoms with Gasteiger partial charge in [0.05, 0.1) is 0 Å². The molecule has 1 rings (SSSR count). The molecule has 1 aromatic rings. The second-order valence-corrected chi connectivity index (χ2v) is 7.21. The summed E-state index contributed by atoms with van der Waals surface area (Å²) < 4.78 is 0. The van der Waals surface area contributed by atoms with Crippen LogP contribution in [0.4, 0.5) is 0 Å². The minimum Gasteiger partial charge on any atom is -0.299 e. The number of halogens is 1. The van der Waals surface area contributed by atoms with Crippen LogP contribution in [-0.4, -0.2) is 24.2 Å². The Balaban J connectivity index is 2.71. The topological polar surface area (TPSA) is 3.24 Å². The predicted molar refractivity (Wildman–Crippen MR) is 89.3 cm³/mol. The fourth-order valence-electron chi connectivity index (χ4n) is 2.11. The van der Waals surface area contributed by atoms with E-state index in [1.54, 1.807) is 0 Å². The minimum absolute atomic E-state index is 0.287. The maximum atomic E-state index is 5.94. The maximum absolute atomic E-state index is 5.94. The van der Waals surface area contributed by atoms with E-state index < -0.39 is 0 Å². The van der Waals surface area contributed by atoms with Crippen molar-refractivity contribution >= 4 is 24.2 Å². The van der Waals surface area contributed by atoms with E-state index in [-0.39, 0.29) is 5.41 Å². The largest absolute Gasteiger partial charge is 0.299 e. The zero-order chi connectivity index (χ0) is 14.6. The third-order valence-electron chi connectivity index (χ3n) is 3.97. The van der Waals surface area contributed by atoms with Gasteiger partial charge in [-0.15, -0.1) is 0 Å². The highest BCUT2D eigenvalue weighted by molar-refractivity contribution is 7.80. The summed E-state index contributed by atoms with van der Waals surface area (Å²) in [5.41, 5.74) is 1.59. The molecule has 0 heterocycles. The first-order valence-electron chi connectivity index (χ1n) is 6.82. The lowest BCUT2D eigenvalue weighted by Crippen LogP contribution is -2.35. The highest BCUT2D eigenvalue weighted by Crippen LogP contribution is 2.30. The van der Waals surface area contributed by atoms with E-state index in [2.05, 4.69) is 64.4 Å². The van der Waals surface area contributed by atoms with Crippen LogP contribution in [0.25, 0.3) is 0 Å². The molecule has 0 N–H and O–H groups in total. The van der Waals surface area contributed by atoms with Gasteiger partial charge >= 0.3 is 0 Å². The van der Waals surface area contributed by atoms with Crippen molar-refractivity contribution in [3.63, 3.8) is 0 Å². The Labute approximate surface area is 128 Å². The summed E-state index contributed by atoms with van der Waals surface area (Å²) in [6, 6.07) is 8.52. The molecule has 0 amide bonds. The quantitative estimate of drug-likeness (QED) is 0.755. The van der Waals surface area contributed by atoms with E-state index in [1.807, 2.05) is 12.1 Å². The van der Waals surface area contributed by atoms with Gasteiger partial charge in [-0.05, 0) is 48.8 Å². The average molecular weight is 300 g/mol. The molecule has 0 aliphatic rings. The van der Waals surface area contributed by atoms with E-state index in [9.17, 15) is 0 Å². The molecular formula is C16H26ClNS. The van der Waals surface area contributed by atoms with Crippen molar-refractivity contribution in [1.29, 1.82) is 0 Å². The number of hydrogen-bond acceptors (Lipinski definition) is 2. The molecule has 0 saturated carbocycles. The molecule has 0 saturated heterocycles. The fraction of sp³-hybridized carbons (Fsp3) is 0.625. The summed E-state index contributed by atoms with van der Waals surface area (Å²) in [6.45, 7) is 10.1. The molecule has 0 bridgehead atoms. The van der Waals surface area contributed by atoms with Crippen LogP contribution < -0.4 is 0 Å². The molecule has 19 heavy (non-hydrogen) atoms. The standard InChI is InChI=1S/C16H26ClNS/c1-12(13-6-8-15(17)9-7-13)18(5)10-14(11-19)16(2,3)4/h6-9,12,14,19H,10-11H2,1-5H3. The predicted octanol–water partition coefficient (Wildman–Crippen LogP) is 4.92. The van der Waals surface area contributed by atoms with Gasteiger partial charge in [0.25, 0.3) is 0 Å². The van der Waals surface area contributed by atoms with E-state index in [1.165, 1.54) is 5.56 Å². The van der Waals surface area contributed by atoms with Crippen LogP contribution in [0.2, 0.25) is 5.02 Å². The zero-order valence-corrected chi connectivity index (χ0v) is 14.3. The van der Waals surface area contributed by atoms with E-state index in [0.29, 0.717) is 12.0 Å². The second kappa shape index (κ2) is 7.01. The van der Waals surface area contributed by atoms with Crippen LogP contribution in [0.5, 0.6) is 0 Å². The molecule has 1 aromatic carbocycles. The Morgan fingerprint density at radius 3 is 2.16 bits per heavy atom. The van der Waals surface area contributed by atoms with Crippen molar-refractivity contribution < 1.29 is 0 Å². The van der Waals surface area contributed by atoms with Gasteiger partial charge in [0, 0.05) is 17.6 Å². The van der Waals surface area contributed by atoms with Crippen molar-refractivity contribution in [1.82, 2.24) is 4.90 Å². The Morgan fingerprint density at radius 1 is 1.21 bits per heavy atom. The zero-order valence-electron chi connectivity index (χ0n) is 12.7. The minimum atomic E-state index is 0.287. The number of nitrogens with zero attached hydrogens (tertiary/aromatic N) is 1. The summed E-state index contributed by atoms with van der Waals surface area (Å²) in [7, 11) is 2.18. The van der Waals surface area contributed by atoms with Gasteiger partial charge in [0.1, 0.15) is 0 Å². The van der Waals surface area contributed by atoms with Gasteiger partial charge < -0.3 is 0 Å². The van der Waals surface area contributed by atoms with Crippen molar-refractivity contribution in [2.75, 3.05) is 19.3 Å². The normalized spacial score (nSPS) is 15.6. The van der Waals surface area contributed by atoms with Gasteiger partial charge in [-0.3, -0.25) is 4.90 Å². The molecule has 0 aliphatic heterocycles. The smallest absolute Gasteiger partial charge is 0.0406 e. The summed E-state index contributed by atoms with van der Waals surface area (Å²) in [5.74, 6) is 1.50.